The number of hydrogen-bond acceptors (Lipinski definition) is 4. The number of unbranched alkanes of at least 4 members (excludes halogenated alkanes) is 1. The van der Waals surface area contributed by atoms with Crippen LogP contribution in [0.2, 0.25) is 0 Å². The number of amides is 1. The van der Waals surface area contributed by atoms with E-state index >= 15 is 0 Å². The van der Waals surface area contributed by atoms with Gasteiger partial charge in [0.1, 0.15) is 6.54 Å². The van der Waals surface area contributed by atoms with Crippen LogP contribution in [-0.2, 0) is 9.53 Å². The van der Waals surface area contributed by atoms with Crippen molar-refractivity contribution in [3.05, 3.63) is 22.4 Å². The third kappa shape index (κ3) is 4.44. The highest BCUT2D eigenvalue weighted by atomic mass is 32.1. The Kier molecular flexibility index (Phi) is 5.56. The maximum absolute atomic E-state index is 11.4. The van der Waals surface area contributed by atoms with Crippen molar-refractivity contribution >= 4 is 23.2 Å². The molecule has 0 aliphatic carbocycles. The molecule has 1 aromatic rings. The molecule has 0 radical (unpaired) electrons. The normalized spacial score (nSPS) is 9.81. The van der Waals surface area contributed by atoms with Gasteiger partial charge in [0, 0.05) is 0 Å². The zero-order valence-corrected chi connectivity index (χ0v) is 10.0. The number of esters is 1. The largest absolute Gasteiger partial charge is 0.464 e. The van der Waals surface area contributed by atoms with Crippen LogP contribution >= 0.6 is 11.3 Å². The van der Waals surface area contributed by atoms with Crippen LogP contribution in [0.25, 0.3) is 0 Å². The number of carbonyl (C=O) groups is 2. The van der Waals surface area contributed by atoms with Gasteiger partial charge in [-0.2, -0.15) is 0 Å². The zero-order valence-electron chi connectivity index (χ0n) is 9.19. The molecule has 0 aliphatic rings. The fourth-order valence-electron chi connectivity index (χ4n) is 1.03. The Morgan fingerprint density at radius 1 is 1.50 bits per heavy atom. The standard InChI is InChI=1S/C11H15NO3S/c1-2-3-6-15-10(13)8-12-11(14)9-5-4-7-16-9/h4-5,7H,2-3,6,8H2,1H3,(H,12,14). The Hall–Kier alpha value is -1.36. The van der Waals surface area contributed by atoms with E-state index in [1.165, 1.54) is 11.3 Å². The van der Waals surface area contributed by atoms with Crippen molar-refractivity contribution in [3.8, 4) is 0 Å². The van der Waals surface area contributed by atoms with E-state index in [-0.39, 0.29) is 12.5 Å². The number of ether oxygens (including phenoxy) is 1. The van der Waals surface area contributed by atoms with Crippen molar-refractivity contribution in [1.82, 2.24) is 5.32 Å². The van der Waals surface area contributed by atoms with Crippen molar-refractivity contribution in [1.29, 1.82) is 0 Å². The highest BCUT2D eigenvalue weighted by molar-refractivity contribution is 7.12. The van der Waals surface area contributed by atoms with Gasteiger partial charge in [-0.3, -0.25) is 9.59 Å². The van der Waals surface area contributed by atoms with E-state index in [2.05, 4.69) is 5.32 Å². The molecule has 0 spiro atoms. The number of thiophene rings is 1. The summed E-state index contributed by atoms with van der Waals surface area (Å²) in [6.45, 7) is 2.37. The third-order valence-corrected chi connectivity index (χ3v) is 2.77. The lowest BCUT2D eigenvalue weighted by atomic mass is 10.4. The van der Waals surface area contributed by atoms with Gasteiger partial charge < -0.3 is 10.1 Å². The minimum absolute atomic E-state index is 0.0690. The summed E-state index contributed by atoms with van der Waals surface area (Å²) in [5.41, 5.74) is 0. The molecule has 0 saturated carbocycles. The van der Waals surface area contributed by atoms with E-state index in [1.807, 2.05) is 12.3 Å². The summed E-state index contributed by atoms with van der Waals surface area (Å²) in [5.74, 6) is -0.624. The predicted molar refractivity (Wildman–Crippen MR) is 62.5 cm³/mol. The van der Waals surface area contributed by atoms with Gasteiger partial charge in [0.25, 0.3) is 5.91 Å². The smallest absolute Gasteiger partial charge is 0.325 e. The van der Waals surface area contributed by atoms with E-state index in [1.54, 1.807) is 12.1 Å². The second-order valence-electron chi connectivity index (χ2n) is 3.23. The first-order valence-electron chi connectivity index (χ1n) is 5.21. The lowest BCUT2D eigenvalue weighted by Gasteiger charge is -2.04. The quantitative estimate of drug-likeness (QED) is 0.610. The Bertz CT molecular complexity index is 335. The van der Waals surface area contributed by atoms with Crippen LogP contribution in [0.1, 0.15) is 29.4 Å². The fourth-order valence-corrected chi connectivity index (χ4v) is 1.67. The molecule has 0 aliphatic heterocycles. The highest BCUT2D eigenvalue weighted by Gasteiger charge is 2.08. The van der Waals surface area contributed by atoms with Crippen LogP contribution in [0, 0.1) is 0 Å². The molecule has 4 nitrogen and oxygen atoms in total. The number of carbonyl (C=O) groups excluding carboxylic acids is 2. The van der Waals surface area contributed by atoms with E-state index in [4.69, 9.17) is 4.74 Å². The average Bonchev–Trinajstić information content (AvgIpc) is 2.79. The van der Waals surface area contributed by atoms with Crippen molar-refractivity contribution in [2.45, 2.75) is 19.8 Å². The molecule has 1 heterocycles. The van der Waals surface area contributed by atoms with Gasteiger partial charge in [-0.15, -0.1) is 11.3 Å². The molecule has 88 valence electrons. The first kappa shape index (κ1) is 12.7. The van der Waals surface area contributed by atoms with Crippen LogP contribution < -0.4 is 5.32 Å². The second-order valence-corrected chi connectivity index (χ2v) is 4.18. The molecular weight excluding hydrogens is 226 g/mol. The molecule has 1 amide bonds. The Morgan fingerprint density at radius 3 is 2.94 bits per heavy atom. The van der Waals surface area contributed by atoms with Crippen LogP contribution in [-0.4, -0.2) is 25.0 Å². The summed E-state index contributed by atoms with van der Waals surface area (Å²) in [4.78, 5) is 23.2. The second kappa shape index (κ2) is 7.00. The minimum atomic E-state index is -0.390. The van der Waals surface area contributed by atoms with Crippen molar-refractivity contribution in [2.75, 3.05) is 13.2 Å². The minimum Gasteiger partial charge on any atom is -0.464 e. The fraction of sp³-hybridized carbons (Fsp3) is 0.455. The highest BCUT2D eigenvalue weighted by Crippen LogP contribution is 2.07. The Morgan fingerprint density at radius 2 is 2.31 bits per heavy atom. The summed E-state index contributed by atoms with van der Waals surface area (Å²) < 4.78 is 4.90. The molecule has 16 heavy (non-hydrogen) atoms. The first-order valence-corrected chi connectivity index (χ1v) is 6.09. The number of nitrogens with one attached hydrogen (secondary N) is 1. The maximum Gasteiger partial charge on any atom is 0.325 e. The van der Waals surface area contributed by atoms with Crippen LogP contribution in [0.15, 0.2) is 17.5 Å². The third-order valence-electron chi connectivity index (χ3n) is 1.90. The van der Waals surface area contributed by atoms with Gasteiger partial charge in [-0.25, -0.2) is 0 Å². The molecule has 1 N–H and O–H groups in total. The average molecular weight is 241 g/mol. The summed E-state index contributed by atoms with van der Waals surface area (Å²) in [6.07, 6.45) is 1.83. The SMILES string of the molecule is CCCCOC(=O)CNC(=O)c1cccs1. The summed E-state index contributed by atoms with van der Waals surface area (Å²) in [5, 5.41) is 4.32. The Labute approximate surface area is 98.6 Å². The van der Waals surface area contributed by atoms with Gasteiger partial charge in [-0.1, -0.05) is 19.4 Å². The summed E-state index contributed by atoms with van der Waals surface area (Å²) in [6, 6.07) is 3.50. The van der Waals surface area contributed by atoms with Crippen molar-refractivity contribution in [2.24, 2.45) is 0 Å². The monoisotopic (exact) mass is 241 g/mol. The van der Waals surface area contributed by atoms with Gasteiger partial charge in [-0.05, 0) is 17.9 Å². The van der Waals surface area contributed by atoms with Crippen LogP contribution in [0.5, 0.6) is 0 Å². The van der Waals surface area contributed by atoms with Gasteiger partial charge in [0.05, 0.1) is 11.5 Å². The molecule has 0 fully saturated rings. The first-order chi connectivity index (χ1) is 7.74. The van der Waals surface area contributed by atoms with E-state index in [9.17, 15) is 9.59 Å². The number of hydrogen-bond donors (Lipinski definition) is 1. The molecular formula is C11H15NO3S. The molecule has 1 rings (SSSR count). The van der Waals surface area contributed by atoms with Crippen molar-refractivity contribution in [3.63, 3.8) is 0 Å². The summed E-state index contributed by atoms with van der Waals surface area (Å²) in [7, 11) is 0. The predicted octanol–water partition coefficient (Wildman–Crippen LogP) is 1.82. The molecule has 0 saturated heterocycles. The van der Waals surface area contributed by atoms with E-state index in [0.717, 1.165) is 12.8 Å². The van der Waals surface area contributed by atoms with Crippen LogP contribution in [0.4, 0.5) is 0 Å². The maximum atomic E-state index is 11.4. The van der Waals surface area contributed by atoms with E-state index in [0.29, 0.717) is 11.5 Å². The van der Waals surface area contributed by atoms with E-state index < -0.39 is 5.97 Å². The molecule has 0 unspecified atom stereocenters. The summed E-state index contributed by atoms with van der Waals surface area (Å²) >= 11 is 1.34. The van der Waals surface area contributed by atoms with Gasteiger partial charge >= 0.3 is 5.97 Å². The van der Waals surface area contributed by atoms with Gasteiger partial charge in [0.15, 0.2) is 0 Å². The molecule has 5 heteroatoms. The lowest BCUT2D eigenvalue weighted by molar-refractivity contribution is -0.142. The molecule has 0 atom stereocenters. The zero-order chi connectivity index (χ0) is 11.8. The molecule has 0 aromatic carbocycles. The van der Waals surface area contributed by atoms with Gasteiger partial charge in [0.2, 0.25) is 0 Å². The molecule has 0 bridgehead atoms. The Balaban J connectivity index is 2.19. The molecule has 1 aromatic heterocycles. The number of rotatable bonds is 6. The topological polar surface area (TPSA) is 55.4 Å². The van der Waals surface area contributed by atoms with Crippen molar-refractivity contribution < 1.29 is 14.3 Å². The lowest BCUT2D eigenvalue weighted by Crippen LogP contribution is -2.30. The van der Waals surface area contributed by atoms with Crippen LogP contribution in [0.3, 0.4) is 0 Å².